The molecule has 3 heterocycles. The lowest BCUT2D eigenvalue weighted by Crippen LogP contribution is -2.65. The van der Waals surface area contributed by atoms with Crippen LogP contribution in [-0.2, 0) is 16.1 Å². The molecular weight excluding hydrogens is 658 g/mol. The Labute approximate surface area is 289 Å². The van der Waals surface area contributed by atoms with E-state index in [1.807, 2.05) is 17.5 Å². The lowest BCUT2D eigenvalue weighted by molar-refractivity contribution is -0.146. The van der Waals surface area contributed by atoms with Crippen LogP contribution in [0.4, 0.5) is 4.79 Å². The van der Waals surface area contributed by atoms with Gasteiger partial charge < -0.3 is 36.3 Å². The Hall–Kier alpha value is -3.10. The maximum absolute atomic E-state index is 14.6. The SMILES string of the molecule is N=C/C(=C\N)SN1CCC([C@@H](NC2CCCCC2)C(=O)N2CCN(C(=O)Oc3ccccc3Cl)C[C@H]2C(=O)NCc2cccs2)CC1. The minimum absolute atomic E-state index is 0.00829. The molecule has 47 heavy (non-hydrogen) atoms. The zero-order valence-corrected chi connectivity index (χ0v) is 28.8. The van der Waals surface area contributed by atoms with Gasteiger partial charge in [-0.05, 0) is 67.1 Å². The van der Waals surface area contributed by atoms with Gasteiger partial charge in [0.25, 0.3) is 0 Å². The highest BCUT2D eigenvalue weighted by Gasteiger charge is 2.43. The van der Waals surface area contributed by atoms with Crippen molar-refractivity contribution < 1.29 is 19.1 Å². The number of hydrogen-bond donors (Lipinski definition) is 4. The van der Waals surface area contributed by atoms with Crippen molar-refractivity contribution in [2.45, 2.75) is 69.6 Å². The minimum Gasteiger partial charge on any atom is -0.409 e. The van der Waals surface area contributed by atoms with E-state index in [-0.39, 0.29) is 49.2 Å². The molecule has 2 aliphatic heterocycles. The summed E-state index contributed by atoms with van der Waals surface area (Å²) in [7, 11) is 0. The van der Waals surface area contributed by atoms with Gasteiger partial charge in [-0.2, -0.15) is 0 Å². The fourth-order valence-electron chi connectivity index (χ4n) is 6.49. The number of piperazine rings is 1. The number of hydrogen-bond acceptors (Lipinski definition) is 10. The maximum atomic E-state index is 14.6. The first-order valence-electron chi connectivity index (χ1n) is 16.3. The molecule has 1 aromatic heterocycles. The highest BCUT2D eigenvalue weighted by atomic mass is 35.5. The Bertz CT molecular complexity index is 1400. The van der Waals surface area contributed by atoms with Crippen LogP contribution in [0.15, 0.2) is 52.9 Å². The zero-order valence-electron chi connectivity index (χ0n) is 26.4. The fourth-order valence-corrected chi connectivity index (χ4v) is 8.12. The van der Waals surface area contributed by atoms with E-state index in [1.165, 1.54) is 35.7 Å². The van der Waals surface area contributed by atoms with Crippen LogP contribution in [0.1, 0.15) is 49.8 Å². The van der Waals surface area contributed by atoms with Crippen LogP contribution < -0.4 is 21.1 Å². The predicted molar refractivity (Wildman–Crippen MR) is 187 cm³/mol. The Morgan fingerprint density at radius 3 is 2.51 bits per heavy atom. The number of nitrogens with two attached hydrogens (primary N) is 1. The molecule has 11 nitrogen and oxygen atoms in total. The number of para-hydroxylation sites is 1. The predicted octanol–water partition coefficient (Wildman–Crippen LogP) is 4.83. The Morgan fingerprint density at radius 2 is 1.83 bits per heavy atom. The third kappa shape index (κ3) is 9.50. The molecule has 1 aromatic carbocycles. The third-order valence-corrected chi connectivity index (χ3v) is 11.3. The van der Waals surface area contributed by atoms with E-state index in [9.17, 15) is 14.4 Å². The van der Waals surface area contributed by atoms with Gasteiger partial charge in [-0.3, -0.25) is 9.59 Å². The van der Waals surface area contributed by atoms with E-state index in [1.54, 1.807) is 40.5 Å². The lowest BCUT2D eigenvalue weighted by Gasteiger charge is -2.44. The molecule has 14 heteroatoms. The summed E-state index contributed by atoms with van der Waals surface area (Å²) in [5.41, 5.74) is 5.67. The highest BCUT2D eigenvalue weighted by Crippen LogP contribution is 2.31. The van der Waals surface area contributed by atoms with E-state index in [0.29, 0.717) is 16.5 Å². The Morgan fingerprint density at radius 1 is 1.06 bits per heavy atom. The summed E-state index contributed by atoms with van der Waals surface area (Å²) >= 11 is 9.25. The van der Waals surface area contributed by atoms with Crippen LogP contribution in [0.2, 0.25) is 5.02 Å². The van der Waals surface area contributed by atoms with Crippen molar-refractivity contribution in [2.24, 2.45) is 11.7 Å². The minimum atomic E-state index is -0.883. The Balaban J connectivity index is 1.33. The molecule has 5 rings (SSSR count). The van der Waals surface area contributed by atoms with Gasteiger partial charge in [0, 0.05) is 49.5 Å². The molecule has 254 valence electrons. The molecule has 3 amide bonds. The summed E-state index contributed by atoms with van der Waals surface area (Å²) in [5, 5.41) is 16.6. The lowest BCUT2D eigenvalue weighted by atomic mass is 9.86. The monoisotopic (exact) mass is 701 g/mol. The smallest absolute Gasteiger partial charge is 0.409 e. The molecule has 1 saturated carbocycles. The average Bonchev–Trinajstić information content (AvgIpc) is 3.63. The highest BCUT2D eigenvalue weighted by molar-refractivity contribution is 8.01. The van der Waals surface area contributed by atoms with Crippen molar-refractivity contribution >= 4 is 59.0 Å². The summed E-state index contributed by atoms with van der Waals surface area (Å²) in [6, 6.07) is 9.54. The van der Waals surface area contributed by atoms with Gasteiger partial charge in [-0.1, -0.05) is 49.1 Å². The number of amides is 3. The zero-order chi connectivity index (χ0) is 33.2. The van der Waals surface area contributed by atoms with Crippen molar-refractivity contribution in [2.75, 3.05) is 32.7 Å². The molecule has 0 bridgehead atoms. The third-order valence-electron chi connectivity index (χ3n) is 9.07. The number of carbonyl (C=O) groups excluding carboxylic acids is 3. The van der Waals surface area contributed by atoms with Crippen LogP contribution in [0.5, 0.6) is 5.75 Å². The number of ether oxygens (including phenoxy) is 1. The summed E-state index contributed by atoms with van der Waals surface area (Å²) in [5.74, 6) is -0.0894. The van der Waals surface area contributed by atoms with Gasteiger partial charge >= 0.3 is 6.09 Å². The molecule has 3 aliphatic rings. The number of piperidine rings is 1. The fraction of sp³-hybridized carbons (Fsp3) is 0.515. The van der Waals surface area contributed by atoms with E-state index >= 15 is 0 Å². The molecule has 3 fully saturated rings. The first kappa shape index (κ1) is 35.2. The normalized spacial score (nSPS) is 20.9. The summed E-state index contributed by atoms with van der Waals surface area (Å²) in [6.07, 6.45) is 9.17. The summed E-state index contributed by atoms with van der Waals surface area (Å²) in [4.78, 5) is 46.6. The van der Waals surface area contributed by atoms with Crippen molar-refractivity contribution in [3.63, 3.8) is 0 Å². The first-order chi connectivity index (χ1) is 22.9. The number of thiophene rings is 1. The van der Waals surface area contributed by atoms with Gasteiger partial charge in [-0.25, -0.2) is 9.10 Å². The second kappa shape index (κ2) is 17.3. The standard InChI is InChI=1S/C33H44ClN7O4S2/c34-27-10-4-5-11-29(27)45-33(44)39-16-17-41(28(22-39)31(42)37-21-25-9-6-18-46-25)32(43)30(38-24-7-2-1-3-8-24)23-12-14-40(15-13-23)47-26(19-35)20-36/h4-6,9-11,18-20,23-24,28,30,35,38H,1-3,7-8,12-17,21-22,36H2,(H,37,42)/b26-20+,35-19?/t28-,30+/m0/s1. The summed E-state index contributed by atoms with van der Waals surface area (Å²) in [6.45, 7) is 2.29. The quantitative estimate of drug-likeness (QED) is 0.193. The number of nitrogens with zero attached hydrogens (tertiary/aromatic N) is 3. The molecule has 2 aromatic rings. The number of allylic oxidation sites excluding steroid dienone is 1. The molecule has 0 unspecified atom stereocenters. The molecule has 1 aliphatic carbocycles. The molecule has 2 saturated heterocycles. The largest absolute Gasteiger partial charge is 0.415 e. The molecule has 5 N–H and O–H groups in total. The second-order valence-electron chi connectivity index (χ2n) is 12.1. The summed E-state index contributed by atoms with van der Waals surface area (Å²) < 4.78 is 7.79. The Kier molecular flexibility index (Phi) is 13.0. The van der Waals surface area contributed by atoms with Crippen LogP contribution in [0.25, 0.3) is 0 Å². The van der Waals surface area contributed by atoms with Crippen molar-refractivity contribution in [1.82, 2.24) is 24.7 Å². The van der Waals surface area contributed by atoms with Gasteiger partial charge in [0.1, 0.15) is 6.04 Å². The number of halogens is 1. The van der Waals surface area contributed by atoms with Gasteiger partial charge in [0.15, 0.2) is 5.75 Å². The molecule has 2 atom stereocenters. The number of nitrogens with one attached hydrogen (secondary N) is 3. The molecular formula is C33H44ClN7O4S2. The van der Waals surface area contributed by atoms with Gasteiger partial charge in [0.05, 0.1) is 29.1 Å². The van der Waals surface area contributed by atoms with Crippen molar-refractivity contribution in [3.8, 4) is 5.75 Å². The first-order valence-corrected chi connectivity index (χ1v) is 18.3. The van der Waals surface area contributed by atoms with Crippen LogP contribution in [0, 0.1) is 11.3 Å². The van der Waals surface area contributed by atoms with E-state index < -0.39 is 18.2 Å². The number of benzene rings is 1. The topological polar surface area (TPSA) is 144 Å². The van der Waals surface area contributed by atoms with Crippen LogP contribution in [-0.4, -0.2) is 89.1 Å². The van der Waals surface area contributed by atoms with Crippen LogP contribution >= 0.6 is 34.9 Å². The average molecular weight is 702 g/mol. The number of carbonyl (C=O) groups is 3. The van der Waals surface area contributed by atoms with Gasteiger partial charge in [0.2, 0.25) is 11.8 Å². The van der Waals surface area contributed by atoms with Gasteiger partial charge in [-0.15, -0.1) is 11.3 Å². The molecule has 0 spiro atoms. The maximum Gasteiger partial charge on any atom is 0.415 e. The van der Waals surface area contributed by atoms with Crippen molar-refractivity contribution in [1.29, 1.82) is 5.41 Å². The van der Waals surface area contributed by atoms with Crippen molar-refractivity contribution in [3.05, 3.63) is 62.8 Å². The molecule has 0 radical (unpaired) electrons. The van der Waals surface area contributed by atoms with E-state index in [2.05, 4.69) is 14.9 Å². The number of rotatable bonds is 11. The second-order valence-corrected chi connectivity index (χ2v) is 14.7. The van der Waals surface area contributed by atoms with E-state index in [0.717, 1.165) is 56.5 Å². The van der Waals surface area contributed by atoms with Crippen LogP contribution in [0.3, 0.4) is 0 Å². The van der Waals surface area contributed by atoms with E-state index in [4.69, 9.17) is 27.5 Å².